The molecule has 0 spiro atoms. The highest BCUT2D eigenvalue weighted by molar-refractivity contribution is 7.90. The number of hydrogen-bond acceptors (Lipinski definition) is 7. The fraction of sp³-hybridized carbons (Fsp3) is 0.318. The molecule has 0 unspecified atom stereocenters. The highest BCUT2D eigenvalue weighted by Gasteiger charge is 2.29. The molecule has 3 N–H and O–H groups in total. The van der Waals surface area contributed by atoms with E-state index >= 15 is 0 Å². The number of nitrogens with zero attached hydrogens (tertiary/aromatic N) is 4. The van der Waals surface area contributed by atoms with E-state index in [0.717, 1.165) is 60.6 Å². The van der Waals surface area contributed by atoms with E-state index in [2.05, 4.69) is 19.9 Å². The van der Waals surface area contributed by atoms with E-state index in [-0.39, 0.29) is 23.2 Å². The third-order valence-corrected chi connectivity index (χ3v) is 7.18. The van der Waals surface area contributed by atoms with Crippen molar-refractivity contribution in [2.75, 3.05) is 0 Å². The van der Waals surface area contributed by atoms with E-state index in [4.69, 9.17) is 5.73 Å². The van der Waals surface area contributed by atoms with Crippen LogP contribution in [0.3, 0.4) is 0 Å². The number of nitrogens with two attached hydrogens (primary N) is 1. The molecule has 170 valence electrons. The second-order valence-electron chi connectivity index (χ2n) is 8.32. The van der Waals surface area contributed by atoms with Crippen molar-refractivity contribution in [1.29, 1.82) is 0 Å². The minimum absolute atomic E-state index is 0.115. The maximum atomic E-state index is 12.9. The predicted octanol–water partition coefficient (Wildman–Crippen LogP) is 1.31. The van der Waals surface area contributed by atoms with Crippen LogP contribution in [-0.4, -0.2) is 40.2 Å². The average molecular weight is 467 g/mol. The van der Waals surface area contributed by atoms with Crippen LogP contribution in [0.1, 0.15) is 52.5 Å². The SMILES string of the molecule is NC(=O)c1cc(-c2ccc3c(c2CC(=O)NS(=O)(=O)c2cnn(C4CC4)n2)CCC3)ccn1. The zero-order valence-electron chi connectivity index (χ0n) is 17.7. The van der Waals surface area contributed by atoms with Gasteiger partial charge in [-0.3, -0.25) is 14.6 Å². The largest absolute Gasteiger partial charge is 0.364 e. The summed E-state index contributed by atoms with van der Waals surface area (Å²) in [7, 11) is -4.14. The molecule has 0 radical (unpaired) electrons. The molecule has 2 aromatic heterocycles. The lowest BCUT2D eigenvalue weighted by Crippen LogP contribution is -2.32. The minimum atomic E-state index is -4.14. The zero-order valence-corrected chi connectivity index (χ0v) is 18.5. The fourth-order valence-electron chi connectivity index (χ4n) is 4.21. The smallest absolute Gasteiger partial charge is 0.285 e. The molecule has 5 rings (SSSR count). The highest BCUT2D eigenvalue weighted by Crippen LogP contribution is 2.34. The van der Waals surface area contributed by atoms with E-state index < -0.39 is 21.8 Å². The Balaban J connectivity index is 1.45. The lowest BCUT2D eigenvalue weighted by Gasteiger charge is -2.15. The topological polar surface area (TPSA) is 150 Å². The maximum absolute atomic E-state index is 12.9. The first-order chi connectivity index (χ1) is 15.8. The van der Waals surface area contributed by atoms with Crippen LogP contribution >= 0.6 is 0 Å². The van der Waals surface area contributed by atoms with Gasteiger partial charge in [-0.05, 0) is 72.1 Å². The van der Waals surface area contributed by atoms with Crippen molar-refractivity contribution in [1.82, 2.24) is 24.7 Å². The molecule has 2 amide bonds. The van der Waals surface area contributed by atoms with E-state index in [1.165, 1.54) is 11.0 Å². The number of hydrogen-bond donors (Lipinski definition) is 2. The molecule has 0 saturated heterocycles. The van der Waals surface area contributed by atoms with Crippen molar-refractivity contribution in [3.8, 4) is 11.1 Å². The first-order valence-corrected chi connectivity index (χ1v) is 12.2. The average Bonchev–Trinajstić information content (AvgIpc) is 3.30. The van der Waals surface area contributed by atoms with E-state index in [1.54, 1.807) is 12.1 Å². The molecule has 2 aliphatic carbocycles. The maximum Gasteiger partial charge on any atom is 0.285 e. The Labute approximate surface area is 190 Å². The number of carbonyl (C=O) groups excluding carboxylic acids is 2. The second kappa shape index (κ2) is 8.07. The van der Waals surface area contributed by atoms with E-state index in [0.29, 0.717) is 5.56 Å². The number of carbonyl (C=O) groups is 2. The highest BCUT2D eigenvalue weighted by atomic mass is 32.2. The Bertz CT molecular complexity index is 1380. The summed E-state index contributed by atoms with van der Waals surface area (Å²) in [5, 5.41) is 7.72. The molecular weight excluding hydrogens is 444 g/mol. The molecule has 33 heavy (non-hydrogen) atoms. The lowest BCUT2D eigenvalue weighted by molar-refractivity contribution is -0.118. The van der Waals surface area contributed by atoms with Gasteiger partial charge in [-0.25, -0.2) is 4.72 Å². The Hall–Kier alpha value is -3.60. The first-order valence-electron chi connectivity index (χ1n) is 10.7. The van der Waals surface area contributed by atoms with Crippen molar-refractivity contribution >= 4 is 21.8 Å². The summed E-state index contributed by atoms with van der Waals surface area (Å²) >= 11 is 0. The minimum Gasteiger partial charge on any atom is -0.364 e. The van der Waals surface area contributed by atoms with Crippen LogP contribution in [0.15, 0.2) is 41.7 Å². The molecule has 0 aliphatic heterocycles. The summed E-state index contributed by atoms with van der Waals surface area (Å²) in [6.07, 6.45) is 6.98. The van der Waals surface area contributed by atoms with Crippen LogP contribution < -0.4 is 10.5 Å². The first kappa shape index (κ1) is 21.3. The number of sulfonamides is 1. The third-order valence-electron chi connectivity index (χ3n) is 5.95. The van der Waals surface area contributed by atoms with Crippen molar-refractivity contribution in [2.45, 2.75) is 49.6 Å². The van der Waals surface area contributed by atoms with E-state index in [1.807, 2.05) is 12.1 Å². The summed E-state index contributed by atoms with van der Waals surface area (Å²) in [6, 6.07) is 7.34. The molecule has 3 aromatic rings. The van der Waals surface area contributed by atoms with Gasteiger partial charge in [-0.2, -0.15) is 18.3 Å². The number of aromatic nitrogens is 4. The summed E-state index contributed by atoms with van der Waals surface area (Å²) in [5.41, 5.74) is 9.83. The number of nitrogens with one attached hydrogen (secondary N) is 1. The molecule has 1 aromatic carbocycles. The van der Waals surface area contributed by atoms with Gasteiger partial charge in [0.1, 0.15) is 5.69 Å². The van der Waals surface area contributed by atoms with Gasteiger partial charge in [0.05, 0.1) is 18.7 Å². The summed E-state index contributed by atoms with van der Waals surface area (Å²) in [6.45, 7) is 0. The van der Waals surface area contributed by atoms with Crippen LogP contribution in [0.2, 0.25) is 0 Å². The molecule has 0 atom stereocenters. The Morgan fingerprint density at radius 1 is 1.18 bits per heavy atom. The number of pyridine rings is 1. The quantitative estimate of drug-likeness (QED) is 0.533. The molecule has 1 fully saturated rings. The van der Waals surface area contributed by atoms with Crippen LogP contribution in [0.4, 0.5) is 0 Å². The molecule has 11 heteroatoms. The van der Waals surface area contributed by atoms with Gasteiger partial charge in [0.15, 0.2) is 0 Å². The Morgan fingerprint density at radius 2 is 2.00 bits per heavy atom. The third kappa shape index (κ3) is 4.23. The van der Waals surface area contributed by atoms with Gasteiger partial charge < -0.3 is 5.73 Å². The van der Waals surface area contributed by atoms with Gasteiger partial charge >= 0.3 is 0 Å². The number of aryl methyl sites for hydroxylation is 1. The number of amides is 2. The Kier molecular flexibility index (Phi) is 5.20. The monoisotopic (exact) mass is 466 g/mol. The molecule has 2 heterocycles. The number of benzene rings is 1. The zero-order chi connectivity index (χ0) is 23.2. The van der Waals surface area contributed by atoms with Gasteiger partial charge in [-0.1, -0.05) is 12.1 Å². The fourth-order valence-corrected chi connectivity index (χ4v) is 5.07. The van der Waals surface area contributed by atoms with Crippen molar-refractivity contribution in [2.24, 2.45) is 5.73 Å². The second-order valence-corrected chi connectivity index (χ2v) is 9.95. The van der Waals surface area contributed by atoms with Crippen molar-refractivity contribution in [3.05, 3.63) is 59.0 Å². The number of fused-ring (bicyclic) bond motifs is 1. The van der Waals surface area contributed by atoms with Crippen molar-refractivity contribution < 1.29 is 18.0 Å². The summed E-state index contributed by atoms with van der Waals surface area (Å²) in [5.74, 6) is -1.32. The normalized spacial score (nSPS) is 15.3. The van der Waals surface area contributed by atoms with Gasteiger partial charge in [-0.15, -0.1) is 5.10 Å². The molecule has 2 aliphatic rings. The summed E-state index contributed by atoms with van der Waals surface area (Å²) in [4.78, 5) is 29.8. The number of primary amides is 1. The van der Waals surface area contributed by atoms with Crippen molar-refractivity contribution in [3.63, 3.8) is 0 Å². The van der Waals surface area contributed by atoms with Crippen LogP contribution in [-0.2, 0) is 34.1 Å². The van der Waals surface area contributed by atoms with Crippen LogP contribution in [0.5, 0.6) is 0 Å². The molecular formula is C22H22N6O4S. The Morgan fingerprint density at radius 3 is 2.76 bits per heavy atom. The van der Waals surface area contributed by atoms with Gasteiger partial charge in [0, 0.05) is 6.20 Å². The van der Waals surface area contributed by atoms with Crippen LogP contribution in [0, 0.1) is 0 Å². The molecule has 0 bridgehead atoms. The van der Waals surface area contributed by atoms with Gasteiger partial charge in [0.25, 0.3) is 15.9 Å². The molecule has 1 saturated carbocycles. The van der Waals surface area contributed by atoms with Crippen LogP contribution in [0.25, 0.3) is 11.1 Å². The summed E-state index contributed by atoms with van der Waals surface area (Å²) < 4.78 is 27.5. The van der Waals surface area contributed by atoms with Gasteiger partial charge in [0.2, 0.25) is 10.9 Å². The lowest BCUT2D eigenvalue weighted by atomic mass is 9.91. The standard InChI is InChI=1S/C22H22N6O4S/c23-22(30)19-10-14(8-9-24-19)17-7-4-13-2-1-3-16(13)18(17)11-20(29)27-33(31,32)21-12-25-28(26-21)15-5-6-15/h4,7-10,12,15H,1-3,5-6,11H2,(H2,23,30)(H,27,29). The number of rotatable bonds is 7. The molecule has 10 nitrogen and oxygen atoms in total. The predicted molar refractivity (Wildman–Crippen MR) is 118 cm³/mol. The van der Waals surface area contributed by atoms with E-state index in [9.17, 15) is 18.0 Å².